The van der Waals surface area contributed by atoms with Crippen LogP contribution in [0.4, 0.5) is 4.39 Å². The van der Waals surface area contributed by atoms with Crippen LogP contribution in [0.15, 0.2) is 24.3 Å². The maximum absolute atomic E-state index is 12.7. The normalized spacial score (nSPS) is 26.7. The van der Waals surface area contributed by atoms with Crippen molar-refractivity contribution in [2.24, 2.45) is 0 Å². The fourth-order valence-corrected chi connectivity index (χ4v) is 1.92. The first-order valence-corrected chi connectivity index (χ1v) is 4.92. The van der Waals surface area contributed by atoms with Crippen molar-refractivity contribution >= 4 is 0 Å². The Kier molecular flexibility index (Phi) is 2.79. The first kappa shape index (κ1) is 9.62. The number of benzene rings is 1. The van der Waals surface area contributed by atoms with Gasteiger partial charge < -0.3 is 10.4 Å². The van der Waals surface area contributed by atoms with Crippen molar-refractivity contribution < 1.29 is 9.50 Å². The lowest BCUT2D eigenvalue weighted by molar-refractivity contribution is 0.251. The highest BCUT2D eigenvalue weighted by Gasteiger charge is 2.23. The molecule has 2 N–H and O–H groups in total. The van der Waals surface area contributed by atoms with Gasteiger partial charge in [-0.15, -0.1) is 0 Å². The second-order valence-corrected chi connectivity index (χ2v) is 3.73. The molecule has 1 aromatic carbocycles. The molecular formula is C11H14FNO. The molecule has 1 aliphatic heterocycles. The molecule has 0 radical (unpaired) electrons. The predicted octanol–water partition coefficient (Wildman–Crippen LogP) is 1.61. The van der Waals surface area contributed by atoms with E-state index in [9.17, 15) is 4.39 Å². The highest BCUT2D eigenvalue weighted by Crippen LogP contribution is 2.26. The molecule has 14 heavy (non-hydrogen) atoms. The molecule has 0 amide bonds. The van der Waals surface area contributed by atoms with Crippen LogP contribution in [0.3, 0.4) is 0 Å². The second kappa shape index (κ2) is 4.07. The molecule has 1 fully saturated rings. The van der Waals surface area contributed by atoms with Crippen molar-refractivity contribution in [3.63, 3.8) is 0 Å². The molecule has 1 aliphatic rings. The summed E-state index contributed by atoms with van der Waals surface area (Å²) in [6.07, 6.45) is 2.00. The van der Waals surface area contributed by atoms with Crippen LogP contribution in [-0.2, 0) is 0 Å². The van der Waals surface area contributed by atoms with Gasteiger partial charge >= 0.3 is 0 Å². The van der Waals surface area contributed by atoms with Gasteiger partial charge in [0.2, 0.25) is 0 Å². The van der Waals surface area contributed by atoms with Gasteiger partial charge in [0.1, 0.15) is 5.82 Å². The van der Waals surface area contributed by atoms with Gasteiger partial charge in [-0.25, -0.2) is 4.39 Å². The van der Waals surface area contributed by atoms with Crippen molar-refractivity contribution in [3.05, 3.63) is 35.6 Å². The lowest BCUT2D eigenvalue weighted by Crippen LogP contribution is -2.27. The Balaban J connectivity index is 2.06. The largest absolute Gasteiger partial charge is 0.395 e. The summed E-state index contributed by atoms with van der Waals surface area (Å²) in [4.78, 5) is 0. The minimum absolute atomic E-state index is 0.178. The number of halogens is 1. The van der Waals surface area contributed by atoms with Crippen LogP contribution < -0.4 is 5.32 Å². The number of aliphatic hydroxyl groups is 1. The highest BCUT2D eigenvalue weighted by molar-refractivity contribution is 5.21. The van der Waals surface area contributed by atoms with Crippen molar-refractivity contribution in [2.75, 3.05) is 6.61 Å². The van der Waals surface area contributed by atoms with Crippen LogP contribution in [0.25, 0.3) is 0 Å². The van der Waals surface area contributed by atoms with E-state index in [1.165, 1.54) is 12.1 Å². The van der Waals surface area contributed by atoms with Gasteiger partial charge in [-0.1, -0.05) is 12.1 Å². The van der Waals surface area contributed by atoms with Crippen LogP contribution in [0.5, 0.6) is 0 Å². The molecule has 0 unspecified atom stereocenters. The van der Waals surface area contributed by atoms with E-state index in [-0.39, 0.29) is 24.5 Å². The molecular weight excluding hydrogens is 181 g/mol. The molecule has 0 aliphatic carbocycles. The van der Waals surface area contributed by atoms with E-state index in [1.54, 1.807) is 12.1 Å². The molecule has 1 saturated heterocycles. The summed E-state index contributed by atoms with van der Waals surface area (Å²) in [6.45, 7) is 0.178. The van der Waals surface area contributed by atoms with E-state index in [1.807, 2.05) is 0 Å². The van der Waals surface area contributed by atoms with Gasteiger partial charge in [-0.2, -0.15) is 0 Å². The summed E-state index contributed by atoms with van der Waals surface area (Å²) < 4.78 is 12.7. The van der Waals surface area contributed by atoms with Gasteiger partial charge in [0.05, 0.1) is 6.61 Å². The Hall–Kier alpha value is -0.930. The maximum atomic E-state index is 12.7. The van der Waals surface area contributed by atoms with Crippen molar-refractivity contribution in [2.45, 2.75) is 24.9 Å². The molecule has 0 aromatic heterocycles. The van der Waals surface area contributed by atoms with Gasteiger partial charge in [0, 0.05) is 12.1 Å². The monoisotopic (exact) mass is 195 g/mol. The molecule has 0 spiro atoms. The van der Waals surface area contributed by atoms with E-state index in [4.69, 9.17) is 5.11 Å². The Morgan fingerprint density at radius 1 is 1.29 bits per heavy atom. The van der Waals surface area contributed by atoms with Crippen LogP contribution in [-0.4, -0.2) is 17.8 Å². The number of hydrogen-bond acceptors (Lipinski definition) is 2. The third-order valence-corrected chi connectivity index (χ3v) is 2.73. The Morgan fingerprint density at radius 3 is 2.57 bits per heavy atom. The minimum Gasteiger partial charge on any atom is -0.395 e. The molecule has 0 bridgehead atoms. The van der Waals surface area contributed by atoms with Crippen molar-refractivity contribution in [3.8, 4) is 0 Å². The van der Waals surface area contributed by atoms with Gasteiger partial charge in [-0.3, -0.25) is 0 Å². The van der Waals surface area contributed by atoms with Crippen molar-refractivity contribution in [1.29, 1.82) is 0 Å². The van der Waals surface area contributed by atoms with Crippen LogP contribution in [0.1, 0.15) is 24.4 Å². The highest BCUT2D eigenvalue weighted by atomic mass is 19.1. The fourth-order valence-electron chi connectivity index (χ4n) is 1.92. The number of hydrogen-bond donors (Lipinski definition) is 2. The van der Waals surface area contributed by atoms with E-state index in [0.717, 1.165) is 18.4 Å². The third kappa shape index (κ3) is 1.94. The van der Waals surface area contributed by atoms with E-state index >= 15 is 0 Å². The van der Waals surface area contributed by atoms with Gasteiger partial charge in [0.25, 0.3) is 0 Å². The van der Waals surface area contributed by atoms with Crippen LogP contribution in [0.2, 0.25) is 0 Å². The molecule has 76 valence electrons. The molecule has 1 heterocycles. The van der Waals surface area contributed by atoms with E-state index < -0.39 is 0 Å². The zero-order valence-corrected chi connectivity index (χ0v) is 7.91. The Bertz CT molecular complexity index is 299. The summed E-state index contributed by atoms with van der Waals surface area (Å²) in [7, 11) is 0. The molecule has 0 saturated carbocycles. The molecule has 2 nitrogen and oxygen atoms in total. The maximum Gasteiger partial charge on any atom is 0.123 e. The topological polar surface area (TPSA) is 32.3 Å². The lowest BCUT2D eigenvalue weighted by atomic mass is 10.1. The second-order valence-electron chi connectivity index (χ2n) is 3.73. The number of rotatable bonds is 2. The van der Waals surface area contributed by atoms with Gasteiger partial charge in [0.15, 0.2) is 0 Å². The quantitative estimate of drug-likeness (QED) is 0.751. The fraction of sp³-hybridized carbons (Fsp3) is 0.455. The summed E-state index contributed by atoms with van der Waals surface area (Å²) >= 11 is 0. The zero-order valence-electron chi connectivity index (χ0n) is 7.91. The van der Waals surface area contributed by atoms with Gasteiger partial charge in [-0.05, 0) is 30.5 Å². The molecule has 1 aromatic rings. The van der Waals surface area contributed by atoms with Crippen LogP contribution >= 0.6 is 0 Å². The lowest BCUT2D eigenvalue weighted by Gasteiger charge is -2.12. The molecule has 2 rings (SSSR count). The summed E-state index contributed by atoms with van der Waals surface area (Å²) in [5, 5.41) is 12.3. The number of aliphatic hydroxyl groups excluding tert-OH is 1. The number of nitrogens with one attached hydrogen (secondary N) is 1. The van der Waals surface area contributed by atoms with Crippen LogP contribution in [0, 0.1) is 5.82 Å². The van der Waals surface area contributed by atoms with E-state index in [2.05, 4.69) is 5.32 Å². The van der Waals surface area contributed by atoms with E-state index in [0.29, 0.717) is 0 Å². The zero-order chi connectivity index (χ0) is 9.97. The molecule has 2 atom stereocenters. The predicted molar refractivity (Wildman–Crippen MR) is 52.4 cm³/mol. The molecule has 3 heteroatoms. The van der Waals surface area contributed by atoms with Crippen molar-refractivity contribution in [1.82, 2.24) is 5.32 Å². The summed E-state index contributed by atoms with van der Waals surface area (Å²) in [5.41, 5.74) is 1.10. The standard InChI is InChI=1S/C11H14FNO/c12-9-3-1-8(2-4-9)11-6-5-10(7-14)13-11/h1-4,10-11,13-14H,5-7H2/t10-,11-/m0/s1. The smallest absolute Gasteiger partial charge is 0.123 e. The Labute approximate surface area is 82.8 Å². The average molecular weight is 195 g/mol. The average Bonchev–Trinajstić information content (AvgIpc) is 2.67. The minimum atomic E-state index is -0.203. The summed E-state index contributed by atoms with van der Waals surface area (Å²) in [5.74, 6) is -0.203. The SMILES string of the molecule is OC[C@@H]1CC[C@@H](c2ccc(F)cc2)N1. The Morgan fingerprint density at radius 2 is 2.00 bits per heavy atom. The first-order chi connectivity index (χ1) is 6.79. The summed E-state index contributed by atoms with van der Waals surface area (Å²) in [6, 6.07) is 7.02. The third-order valence-electron chi connectivity index (χ3n) is 2.73. The first-order valence-electron chi connectivity index (χ1n) is 4.92.